The number of phenolic OH excluding ortho intramolecular Hbond substituents is 1. The van der Waals surface area contributed by atoms with E-state index in [1.54, 1.807) is 12.1 Å². The van der Waals surface area contributed by atoms with Crippen LogP contribution in [0.2, 0.25) is 0 Å². The van der Waals surface area contributed by atoms with Gasteiger partial charge in [-0.05, 0) is 19.0 Å². The molecule has 0 aliphatic carbocycles. The molecule has 0 saturated heterocycles. The van der Waals surface area contributed by atoms with Crippen molar-refractivity contribution in [2.45, 2.75) is 19.9 Å². The van der Waals surface area contributed by atoms with Crippen molar-refractivity contribution in [1.29, 1.82) is 0 Å². The zero-order valence-electron chi connectivity index (χ0n) is 11.5. The van der Waals surface area contributed by atoms with Crippen molar-refractivity contribution in [3.63, 3.8) is 0 Å². The first-order valence-electron chi connectivity index (χ1n) is 6.38. The van der Waals surface area contributed by atoms with Crippen LogP contribution < -0.4 is 5.32 Å². The lowest BCUT2D eigenvalue weighted by atomic mass is 10.2. The Labute approximate surface area is 115 Å². The SMILES string of the molecule is CCN(CCCNCc1ccccc1O)S(C)(=O)=O. The second-order valence-corrected chi connectivity index (χ2v) is 6.40. The minimum Gasteiger partial charge on any atom is -0.508 e. The maximum Gasteiger partial charge on any atom is 0.211 e. The Morgan fingerprint density at radius 1 is 1.32 bits per heavy atom. The Hall–Kier alpha value is -1.11. The number of phenols is 1. The van der Waals surface area contributed by atoms with E-state index in [1.807, 2.05) is 19.1 Å². The van der Waals surface area contributed by atoms with Crippen LogP contribution in [0.5, 0.6) is 5.75 Å². The minimum absolute atomic E-state index is 0.279. The van der Waals surface area contributed by atoms with Crippen LogP contribution >= 0.6 is 0 Å². The molecule has 0 atom stereocenters. The summed E-state index contributed by atoms with van der Waals surface area (Å²) >= 11 is 0. The molecule has 0 aromatic heterocycles. The Morgan fingerprint density at radius 2 is 2.00 bits per heavy atom. The van der Waals surface area contributed by atoms with Crippen molar-refractivity contribution in [1.82, 2.24) is 9.62 Å². The molecule has 1 rings (SSSR count). The van der Waals surface area contributed by atoms with Crippen molar-refractivity contribution in [2.75, 3.05) is 25.9 Å². The first-order chi connectivity index (χ1) is 8.95. The Morgan fingerprint density at radius 3 is 2.58 bits per heavy atom. The van der Waals surface area contributed by atoms with Crippen LogP contribution in [0.1, 0.15) is 18.9 Å². The number of sulfonamides is 1. The van der Waals surface area contributed by atoms with E-state index in [0.29, 0.717) is 26.2 Å². The Kier molecular flexibility index (Phi) is 6.27. The third-order valence-electron chi connectivity index (χ3n) is 2.89. The molecule has 108 valence electrons. The maximum absolute atomic E-state index is 11.4. The standard InChI is InChI=1S/C13H22N2O3S/c1-3-15(19(2,17)18)10-6-9-14-11-12-7-4-5-8-13(12)16/h4-5,7-8,14,16H,3,6,9-11H2,1-2H3. The Balaban J connectivity index is 2.27. The molecule has 0 aliphatic rings. The zero-order chi connectivity index (χ0) is 14.3. The van der Waals surface area contributed by atoms with E-state index in [9.17, 15) is 13.5 Å². The summed E-state index contributed by atoms with van der Waals surface area (Å²) in [6.07, 6.45) is 1.97. The third-order valence-corrected chi connectivity index (χ3v) is 4.27. The number of hydrogen-bond acceptors (Lipinski definition) is 4. The maximum atomic E-state index is 11.4. The van der Waals surface area contributed by atoms with Gasteiger partial charge >= 0.3 is 0 Å². The van der Waals surface area contributed by atoms with E-state index < -0.39 is 10.0 Å². The quantitative estimate of drug-likeness (QED) is 0.704. The molecule has 1 aromatic rings. The second-order valence-electron chi connectivity index (χ2n) is 4.41. The van der Waals surface area contributed by atoms with Crippen LogP contribution in [0.3, 0.4) is 0 Å². The number of nitrogens with one attached hydrogen (secondary N) is 1. The van der Waals surface area contributed by atoms with Crippen LogP contribution in [0.15, 0.2) is 24.3 Å². The summed E-state index contributed by atoms with van der Waals surface area (Å²) in [7, 11) is -3.10. The lowest BCUT2D eigenvalue weighted by Gasteiger charge is -2.17. The molecule has 0 aliphatic heterocycles. The third kappa shape index (κ3) is 5.59. The fraction of sp³-hybridized carbons (Fsp3) is 0.538. The average molecular weight is 286 g/mol. The largest absolute Gasteiger partial charge is 0.508 e. The molecule has 1 aromatic carbocycles. The fourth-order valence-electron chi connectivity index (χ4n) is 1.82. The molecule has 2 N–H and O–H groups in total. The highest BCUT2D eigenvalue weighted by Gasteiger charge is 2.12. The summed E-state index contributed by atoms with van der Waals surface area (Å²) in [6.45, 7) is 4.13. The summed E-state index contributed by atoms with van der Waals surface area (Å²) in [5.41, 5.74) is 0.845. The van der Waals surface area contributed by atoms with Gasteiger partial charge in [-0.2, -0.15) is 0 Å². The second kappa shape index (κ2) is 7.47. The lowest BCUT2D eigenvalue weighted by Crippen LogP contribution is -2.32. The van der Waals surface area contributed by atoms with E-state index in [4.69, 9.17) is 0 Å². The molecular weight excluding hydrogens is 264 g/mol. The van der Waals surface area contributed by atoms with Crippen molar-refractivity contribution in [2.24, 2.45) is 0 Å². The van der Waals surface area contributed by atoms with E-state index >= 15 is 0 Å². The van der Waals surface area contributed by atoms with Gasteiger partial charge in [-0.25, -0.2) is 12.7 Å². The van der Waals surface area contributed by atoms with Crippen LogP contribution in [0, 0.1) is 0 Å². The summed E-state index contributed by atoms with van der Waals surface area (Å²) in [6, 6.07) is 7.17. The van der Waals surface area contributed by atoms with Gasteiger partial charge in [0.05, 0.1) is 6.26 Å². The zero-order valence-corrected chi connectivity index (χ0v) is 12.3. The molecule has 0 radical (unpaired) electrons. The molecule has 5 nitrogen and oxygen atoms in total. The Bertz CT molecular complexity index is 488. The number of benzene rings is 1. The van der Waals surface area contributed by atoms with Gasteiger partial charge in [0.15, 0.2) is 0 Å². The fourth-order valence-corrected chi connectivity index (χ4v) is 2.75. The van der Waals surface area contributed by atoms with Gasteiger partial charge in [0, 0.05) is 25.2 Å². The molecule has 0 unspecified atom stereocenters. The molecule has 0 amide bonds. The van der Waals surface area contributed by atoms with Crippen LogP contribution in [0.25, 0.3) is 0 Å². The van der Waals surface area contributed by atoms with Crippen LogP contribution in [0.4, 0.5) is 0 Å². The molecule has 0 spiro atoms. The molecular formula is C13H22N2O3S. The molecule has 0 fully saturated rings. The number of para-hydroxylation sites is 1. The van der Waals surface area contributed by atoms with Crippen molar-refractivity contribution < 1.29 is 13.5 Å². The van der Waals surface area contributed by atoms with Gasteiger partial charge in [-0.3, -0.25) is 0 Å². The van der Waals surface area contributed by atoms with Crippen molar-refractivity contribution >= 4 is 10.0 Å². The number of nitrogens with zero attached hydrogens (tertiary/aromatic N) is 1. The van der Waals surface area contributed by atoms with E-state index in [1.165, 1.54) is 10.6 Å². The van der Waals surface area contributed by atoms with Crippen LogP contribution in [-0.2, 0) is 16.6 Å². The van der Waals surface area contributed by atoms with E-state index in [0.717, 1.165) is 12.0 Å². The average Bonchev–Trinajstić information content (AvgIpc) is 2.34. The van der Waals surface area contributed by atoms with Crippen molar-refractivity contribution in [3.05, 3.63) is 29.8 Å². The molecule has 6 heteroatoms. The number of hydrogen-bond donors (Lipinski definition) is 2. The predicted molar refractivity (Wildman–Crippen MR) is 76.5 cm³/mol. The molecule has 0 bridgehead atoms. The van der Waals surface area contributed by atoms with Crippen LogP contribution in [-0.4, -0.2) is 43.7 Å². The topological polar surface area (TPSA) is 69.6 Å². The highest BCUT2D eigenvalue weighted by Crippen LogP contribution is 2.14. The molecule has 0 heterocycles. The molecule has 19 heavy (non-hydrogen) atoms. The summed E-state index contributed by atoms with van der Waals surface area (Å²) in [4.78, 5) is 0. The van der Waals surface area contributed by atoms with Gasteiger partial charge in [0.1, 0.15) is 5.75 Å². The summed E-state index contributed by atoms with van der Waals surface area (Å²) in [5, 5.41) is 12.8. The first-order valence-corrected chi connectivity index (χ1v) is 8.22. The normalized spacial score (nSPS) is 11.9. The number of rotatable bonds is 8. The predicted octanol–water partition coefficient (Wildman–Crippen LogP) is 1.15. The smallest absolute Gasteiger partial charge is 0.211 e. The summed E-state index contributed by atoms with van der Waals surface area (Å²) in [5.74, 6) is 0.279. The van der Waals surface area contributed by atoms with Gasteiger partial charge in [-0.1, -0.05) is 25.1 Å². The van der Waals surface area contributed by atoms with Gasteiger partial charge in [-0.15, -0.1) is 0 Å². The molecule has 0 saturated carbocycles. The van der Waals surface area contributed by atoms with Gasteiger partial charge in [0.2, 0.25) is 10.0 Å². The monoisotopic (exact) mass is 286 g/mol. The first kappa shape index (κ1) is 15.9. The van der Waals surface area contributed by atoms with Crippen molar-refractivity contribution in [3.8, 4) is 5.75 Å². The van der Waals surface area contributed by atoms with Gasteiger partial charge < -0.3 is 10.4 Å². The van der Waals surface area contributed by atoms with Gasteiger partial charge in [0.25, 0.3) is 0 Å². The minimum atomic E-state index is -3.10. The highest BCUT2D eigenvalue weighted by molar-refractivity contribution is 7.88. The van der Waals surface area contributed by atoms with E-state index in [-0.39, 0.29) is 5.75 Å². The summed E-state index contributed by atoms with van der Waals surface area (Å²) < 4.78 is 24.2. The van der Waals surface area contributed by atoms with E-state index in [2.05, 4.69) is 5.32 Å². The number of aromatic hydroxyl groups is 1. The lowest BCUT2D eigenvalue weighted by molar-refractivity contribution is 0.418. The highest BCUT2D eigenvalue weighted by atomic mass is 32.2.